The van der Waals surface area contributed by atoms with Gasteiger partial charge in [-0.05, 0) is 49.1 Å². The van der Waals surface area contributed by atoms with E-state index in [1.807, 2.05) is 23.6 Å². The van der Waals surface area contributed by atoms with E-state index in [1.54, 1.807) is 31.1 Å². The Morgan fingerprint density at radius 1 is 1.11 bits per heavy atom. The smallest absolute Gasteiger partial charge is 0.354 e. The highest BCUT2D eigenvalue weighted by atomic mass is 35.5. The van der Waals surface area contributed by atoms with Crippen molar-refractivity contribution in [1.29, 1.82) is 0 Å². The minimum Gasteiger partial charge on any atom is -0.507 e. The Hall–Kier alpha value is -4.06. The SMILES string of the molecule is C=CC(O)N1CCN2c3nc(=O)n(-c4c(C)ccnc4C(C)C)c4c(F)c(-c5c(O)cccc5Cl)c(F)c(c34)N(C)CCC2C1. The molecular formula is C33H35ClF2N6O3. The van der Waals surface area contributed by atoms with Crippen LogP contribution in [0.3, 0.4) is 0 Å². The number of rotatable bonds is 5. The summed E-state index contributed by atoms with van der Waals surface area (Å²) >= 11 is 6.48. The molecule has 2 aromatic carbocycles. The van der Waals surface area contributed by atoms with Crippen molar-refractivity contribution in [1.82, 2.24) is 19.4 Å². The van der Waals surface area contributed by atoms with E-state index in [0.29, 0.717) is 49.5 Å². The van der Waals surface area contributed by atoms with Crippen molar-refractivity contribution < 1.29 is 19.0 Å². The van der Waals surface area contributed by atoms with E-state index in [2.05, 4.69) is 16.5 Å². The normalized spacial score (nSPS) is 17.8. The molecule has 1 fully saturated rings. The average molecular weight is 637 g/mol. The number of anilines is 2. The Balaban J connectivity index is 1.79. The van der Waals surface area contributed by atoms with Gasteiger partial charge >= 0.3 is 5.69 Å². The third-order valence-electron chi connectivity index (χ3n) is 8.89. The van der Waals surface area contributed by atoms with Gasteiger partial charge in [0.15, 0.2) is 11.6 Å². The lowest BCUT2D eigenvalue weighted by Gasteiger charge is -2.45. The van der Waals surface area contributed by atoms with Crippen molar-refractivity contribution in [3.8, 4) is 22.6 Å². The molecular weight excluding hydrogens is 602 g/mol. The molecule has 0 amide bonds. The number of hydrogen-bond acceptors (Lipinski definition) is 8. The first kappa shape index (κ1) is 30.9. The summed E-state index contributed by atoms with van der Waals surface area (Å²) in [6.07, 6.45) is 2.76. The van der Waals surface area contributed by atoms with Gasteiger partial charge in [-0.3, -0.25) is 14.5 Å². The average Bonchev–Trinajstić information content (AvgIpc) is 3.00. The predicted octanol–water partition coefficient (Wildman–Crippen LogP) is 5.35. The molecule has 0 aliphatic carbocycles. The number of nitrogens with zero attached hydrogens (tertiary/aromatic N) is 6. The van der Waals surface area contributed by atoms with Crippen molar-refractivity contribution >= 4 is 34.0 Å². The summed E-state index contributed by atoms with van der Waals surface area (Å²) in [4.78, 5) is 28.8. The number of hydrogen-bond donors (Lipinski definition) is 2. The number of aliphatic hydroxyl groups is 1. The maximum atomic E-state index is 17.4. The van der Waals surface area contributed by atoms with Crippen LogP contribution >= 0.6 is 11.6 Å². The number of benzene rings is 2. The fourth-order valence-corrected chi connectivity index (χ4v) is 6.93. The van der Waals surface area contributed by atoms with Crippen LogP contribution in [0.1, 0.15) is 37.4 Å². The first-order chi connectivity index (χ1) is 21.5. The Morgan fingerprint density at radius 3 is 2.56 bits per heavy atom. The number of piperazine rings is 1. The lowest BCUT2D eigenvalue weighted by molar-refractivity contribution is 0.0272. The predicted molar refractivity (Wildman–Crippen MR) is 173 cm³/mol. The number of aromatic nitrogens is 3. The summed E-state index contributed by atoms with van der Waals surface area (Å²) in [5.74, 6) is -2.37. The van der Waals surface area contributed by atoms with Crippen molar-refractivity contribution in [2.24, 2.45) is 0 Å². The monoisotopic (exact) mass is 636 g/mol. The van der Waals surface area contributed by atoms with E-state index in [0.717, 1.165) is 0 Å². The zero-order valence-electron chi connectivity index (χ0n) is 25.6. The van der Waals surface area contributed by atoms with Gasteiger partial charge in [0, 0.05) is 51.0 Å². The second-order valence-electron chi connectivity index (χ2n) is 12.0. The number of aliphatic hydroxyl groups excluding tert-OH is 1. The first-order valence-corrected chi connectivity index (χ1v) is 15.3. The molecule has 6 rings (SSSR count). The maximum absolute atomic E-state index is 17.4. The first-order valence-electron chi connectivity index (χ1n) is 14.9. The quantitative estimate of drug-likeness (QED) is 0.283. The van der Waals surface area contributed by atoms with Crippen LogP contribution in [-0.2, 0) is 0 Å². The van der Waals surface area contributed by atoms with Gasteiger partial charge in [-0.2, -0.15) is 4.98 Å². The second kappa shape index (κ2) is 11.7. The second-order valence-corrected chi connectivity index (χ2v) is 12.4. The Kier molecular flexibility index (Phi) is 8.05. The van der Waals surface area contributed by atoms with E-state index in [-0.39, 0.29) is 45.0 Å². The molecule has 0 bridgehead atoms. The van der Waals surface area contributed by atoms with E-state index >= 15 is 8.78 Å². The van der Waals surface area contributed by atoms with Gasteiger partial charge in [0.2, 0.25) is 0 Å². The highest BCUT2D eigenvalue weighted by Crippen LogP contribution is 2.48. The molecule has 0 saturated carbocycles. The number of fused-ring (bicyclic) bond motifs is 2. The molecule has 2 aliphatic rings. The molecule has 45 heavy (non-hydrogen) atoms. The highest BCUT2D eigenvalue weighted by Gasteiger charge is 2.38. The van der Waals surface area contributed by atoms with Gasteiger partial charge in [0.1, 0.15) is 23.3 Å². The van der Waals surface area contributed by atoms with Crippen molar-refractivity contribution in [3.63, 3.8) is 0 Å². The molecule has 2 N–H and O–H groups in total. The lowest BCUT2D eigenvalue weighted by Crippen LogP contribution is -2.57. The van der Waals surface area contributed by atoms with Gasteiger partial charge in [-0.25, -0.2) is 13.6 Å². The Morgan fingerprint density at radius 2 is 1.87 bits per heavy atom. The van der Waals surface area contributed by atoms with Gasteiger partial charge < -0.3 is 20.0 Å². The van der Waals surface area contributed by atoms with Crippen LogP contribution in [0, 0.1) is 18.6 Å². The molecule has 4 heterocycles. The Bertz CT molecular complexity index is 1880. The molecule has 9 nitrogen and oxygen atoms in total. The van der Waals surface area contributed by atoms with E-state index in [9.17, 15) is 15.0 Å². The van der Waals surface area contributed by atoms with Gasteiger partial charge in [-0.1, -0.05) is 38.1 Å². The van der Waals surface area contributed by atoms with E-state index < -0.39 is 34.9 Å². The molecule has 2 unspecified atom stereocenters. The fourth-order valence-electron chi connectivity index (χ4n) is 6.67. The van der Waals surface area contributed by atoms with E-state index in [1.165, 1.54) is 28.8 Å². The van der Waals surface area contributed by atoms with Crippen molar-refractivity contribution in [2.45, 2.75) is 45.4 Å². The minimum absolute atomic E-state index is 0.0385. The summed E-state index contributed by atoms with van der Waals surface area (Å²) in [5.41, 5.74) is -0.0839. The largest absolute Gasteiger partial charge is 0.507 e. The molecule has 236 valence electrons. The van der Waals surface area contributed by atoms with Crippen molar-refractivity contribution in [3.05, 3.63) is 81.5 Å². The Labute approximate surface area is 264 Å². The van der Waals surface area contributed by atoms with Crippen LogP contribution < -0.4 is 15.5 Å². The highest BCUT2D eigenvalue weighted by molar-refractivity contribution is 6.33. The number of pyridine rings is 1. The number of aromatic hydroxyl groups is 1. The van der Waals surface area contributed by atoms with Crippen molar-refractivity contribution in [2.75, 3.05) is 43.0 Å². The number of halogens is 3. The molecule has 1 saturated heterocycles. The number of aryl methyl sites for hydroxylation is 1. The molecule has 0 spiro atoms. The van der Waals surface area contributed by atoms with Gasteiger partial charge in [0.05, 0.1) is 33.0 Å². The van der Waals surface area contributed by atoms with Gasteiger partial charge in [0.25, 0.3) is 0 Å². The van der Waals surface area contributed by atoms with Crippen LogP contribution in [-0.4, -0.2) is 75.1 Å². The summed E-state index contributed by atoms with van der Waals surface area (Å²) in [7, 11) is 1.70. The number of phenols is 1. The molecule has 12 heteroatoms. The third kappa shape index (κ3) is 4.93. The summed E-state index contributed by atoms with van der Waals surface area (Å²) < 4.78 is 35.6. The minimum atomic E-state index is -1.06. The standard InChI is InChI=1S/C33H35ClF2N6O3/c1-6-22(44)40-14-15-41-19(16-40)11-13-39(5)30-25-31(27(36)24(26(30)35)23-20(34)8-7-9-21(23)43)42(33(45)38-32(25)41)29-18(4)10-12-37-28(29)17(2)3/h6-10,12,17,19,22,43-44H,1,11,13-16H2,2-5H3. The van der Waals surface area contributed by atoms with E-state index in [4.69, 9.17) is 11.6 Å². The lowest BCUT2D eigenvalue weighted by atomic mass is 9.96. The maximum Gasteiger partial charge on any atom is 0.354 e. The molecule has 2 aliphatic heterocycles. The topological polar surface area (TPSA) is 98.0 Å². The van der Waals surface area contributed by atoms with Crippen LogP contribution in [0.5, 0.6) is 5.75 Å². The van der Waals surface area contributed by atoms with Crippen LogP contribution in [0.15, 0.2) is 47.9 Å². The van der Waals surface area contributed by atoms with Crippen LogP contribution in [0.2, 0.25) is 5.02 Å². The summed E-state index contributed by atoms with van der Waals surface area (Å²) in [6.45, 7) is 10.9. The van der Waals surface area contributed by atoms with Crippen LogP contribution in [0.25, 0.3) is 27.7 Å². The van der Waals surface area contributed by atoms with Gasteiger partial charge in [-0.15, -0.1) is 0 Å². The third-order valence-corrected chi connectivity index (χ3v) is 9.20. The summed E-state index contributed by atoms with van der Waals surface area (Å²) in [5, 5.41) is 21.4. The summed E-state index contributed by atoms with van der Waals surface area (Å²) in [6, 6.07) is 5.75. The van der Waals surface area contributed by atoms with Crippen LogP contribution in [0.4, 0.5) is 20.3 Å². The zero-order valence-corrected chi connectivity index (χ0v) is 26.3. The molecule has 4 aromatic rings. The molecule has 0 radical (unpaired) electrons. The molecule has 2 aromatic heterocycles. The zero-order chi connectivity index (χ0) is 32.3. The fraction of sp³-hybridized carbons (Fsp3) is 0.364. The number of phenolic OH excluding ortho intramolecular Hbond substituents is 1. The molecule has 2 atom stereocenters.